The summed E-state index contributed by atoms with van der Waals surface area (Å²) in [6.45, 7) is 5.80. The second-order valence-electron chi connectivity index (χ2n) is 9.36. The molecule has 0 spiro atoms. The molecule has 182 valence electrons. The highest BCUT2D eigenvalue weighted by Crippen LogP contribution is 2.38. The third-order valence-corrected chi connectivity index (χ3v) is 6.44. The molecule has 1 aromatic heterocycles. The Morgan fingerprint density at radius 3 is 2.56 bits per heavy atom. The summed E-state index contributed by atoms with van der Waals surface area (Å²) < 4.78 is 47.9. The van der Waals surface area contributed by atoms with Gasteiger partial charge in [-0.15, -0.1) is 0 Å². The van der Waals surface area contributed by atoms with E-state index in [1.165, 1.54) is 12.1 Å². The summed E-state index contributed by atoms with van der Waals surface area (Å²) in [5.74, 6) is -3.48. The van der Waals surface area contributed by atoms with Crippen LogP contribution in [0.3, 0.4) is 0 Å². The zero-order valence-electron chi connectivity index (χ0n) is 19.9. The number of pyridine rings is 1. The second-order valence-corrected chi connectivity index (χ2v) is 9.36. The van der Waals surface area contributed by atoms with Gasteiger partial charge in [0.1, 0.15) is 11.6 Å². The number of nitrogens with one attached hydrogen (secondary N) is 1. The highest BCUT2D eigenvalue weighted by molar-refractivity contribution is 5.96. The number of halogens is 3. The lowest BCUT2D eigenvalue weighted by molar-refractivity contribution is 0.0136. The molecule has 34 heavy (non-hydrogen) atoms. The zero-order valence-corrected chi connectivity index (χ0v) is 19.9. The van der Waals surface area contributed by atoms with E-state index in [9.17, 15) is 18.3 Å². The van der Waals surface area contributed by atoms with Crippen LogP contribution in [-0.4, -0.2) is 35.9 Å². The molecule has 4 rings (SSSR count). The first-order valence-corrected chi connectivity index (χ1v) is 11.3. The van der Waals surface area contributed by atoms with E-state index in [1.54, 1.807) is 7.11 Å². The van der Waals surface area contributed by atoms with Crippen molar-refractivity contribution in [2.24, 2.45) is 0 Å². The number of nitrogens with zero attached hydrogens (tertiary/aromatic N) is 2. The fourth-order valence-corrected chi connectivity index (χ4v) is 4.41. The third-order valence-electron chi connectivity index (χ3n) is 6.44. The Morgan fingerprint density at radius 1 is 1.21 bits per heavy atom. The summed E-state index contributed by atoms with van der Waals surface area (Å²) in [4.78, 5) is 6.79. The quantitative estimate of drug-likeness (QED) is 0.476. The first kappa shape index (κ1) is 24.1. The molecule has 2 N–H and O–H groups in total. The minimum atomic E-state index is -3.26. The van der Waals surface area contributed by atoms with Crippen LogP contribution in [0.1, 0.15) is 43.5 Å². The predicted molar refractivity (Wildman–Crippen MR) is 128 cm³/mol. The van der Waals surface area contributed by atoms with E-state index in [0.29, 0.717) is 44.1 Å². The van der Waals surface area contributed by atoms with E-state index in [4.69, 9.17) is 4.74 Å². The van der Waals surface area contributed by atoms with E-state index >= 15 is 0 Å². The summed E-state index contributed by atoms with van der Waals surface area (Å²) in [5.41, 5.74) is 1.94. The van der Waals surface area contributed by atoms with Gasteiger partial charge in [-0.05, 0) is 38.8 Å². The van der Waals surface area contributed by atoms with Gasteiger partial charge in [-0.2, -0.15) is 0 Å². The smallest absolute Gasteiger partial charge is 0.273 e. The molecular formula is C26H30F3N3O2. The maximum atomic E-state index is 14.8. The molecule has 0 radical (unpaired) electrons. The largest absolute Gasteiger partial charge is 0.495 e. The molecule has 2 heterocycles. The average Bonchev–Trinajstić information content (AvgIpc) is 2.76. The molecule has 1 aliphatic heterocycles. The van der Waals surface area contributed by atoms with Gasteiger partial charge in [-0.25, -0.2) is 13.2 Å². The van der Waals surface area contributed by atoms with Gasteiger partial charge in [0.2, 0.25) is 0 Å². The van der Waals surface area contributed by atoms with Gasteiger partial charge in [-0.3, -0.25) is 4.98 Å². The Balaban J connectivity index is 1.69. The van der Waals surface area contributed by atoms with Crippen molar-refractivity contribution in [2.45, 2.75) is 51.7 Å². The van der Waals surface area contributed by atoms with E-state index in [0.717, 1.165) is 28.5 Å². The standard InChI is InChI=1S/C26H30F3N3O2/c1-16-12-20(30-15-17-6-5-7-19(24(17)27)26(3,28)29)18-13-22(23(34-4)14-21(18)31-16)32-10-8-25(2,33)9-11-32/h5-7,12-14,33H,8-11,15H2,1-4H3,(H,30,31). The minimum absolute atomic E-state index is 0.0439. The van der Waals surface area contributed by atoms with Gasteiger partial charge in [0.25, 0.3) is 5.92 Å². The fraction of sp³-hybridized carbons (Fsp3) is 0.423. The number of ether oxygens (including phenoxy) is 1. The molecule has 0 unspecified atom stereocenters. The number of benzene rings is 2. The van der Waals surface area contributed by atoms with Crippen molar-refractivity contribution in [3.05, 3.63) is 59.0 Å². The number of rotatable bonds is 6. The Morgan fingerprint density at radius 2 is 1.91 bits per heavy atom. The van der Waals surface area contributed by atoms with Crippen LogP contribution in [0, 0.1) is 12.7 Å². The maximum absolute atomic E-state index is 14.8. The van der Waals surface area contributed by atoms with E-state index in [1.807, 2.05) is 32.0 Å². The van der Waals surface area contributed by atoms with Crippen LogP contribution in [-0.2, 0) is 12.5 Å². The van der Waals surface area contributed by atoms with E-state index < -0.39 is 22.9 Å². The van der Waals surface area contributed by atoms with Crippen LogP contribution < -0.4 is 15.0 Å². The number of alkyl halides is 2. The molecule has 8 heteroatoms. The topological polar surface area (TPSA) is 57.6 Å². The molecular weight excluding hydrogens is 443 g/mol. The van der Waals surface area contributed by atoms with Gasteiger partial charge < -0.3 is 20.1 Å². The fourth-order valence-electron chi connectivity index (χ4n) is 4.41. The summed E-state index contributed by atoms with van der Waals surface area (Å²) in [6.07, 6.45) is 1.28. The van der Waals surface area contributed by atoms with Crippen molar-refractivity contribution in [3.63, 3.8) is 0 Å². The number of aromatic nitrogens is 1. The van der Waals surface area contributed by atoms with Crippen LogP contribution >= 0.6 is 0 Å². The van der Waals surface area contributed by atoms with Crippen LogP contribution in [0.4, 0.5) is 24.5 Å². The number of methoxy groups -OCH3 is 1. The monoisotopic (exact) mass is 473 g/mol. The number of hydrogen-bond acceptors (Lipinski definition) is 5. The number of aliphatic hydroxyl groups is 1. The summed E-state index contributed by atoms with van der Waals surface area (Å²) in [7, 11) is 1.61. The van der Waals surface area contributed by atoms with E-state index in [-0.39, 0.29) is 12.1 Å². The maximum Gasteiger partial charge on any atom is 0.273 e. The molecule has 2 aromatic carbocycles. The third kappa shape index (κ3) is 4.92. The first-order chi connectivity index (χ1) is 16.0. The van der Waals surface area contributed by atoms with E-state index in [2.05, 4.69) is 15.2 Å². The van der Waals surface area contributed by atoms with Crippen LogP contribution in [0.25, 0.3) is 10.9 Å². The molecule has 1 saturated heterocycles. The Hall–Kier alpha value is -3.00. The highest BCUT2D eigenvalue weighted by Gasteiger charge is 2.30. The lowest BCUT2D eigenvalue weighted by Gasteiger charge is -2.37. The average molecular weight is 474 g/mol. The molecule has 0 bridgehead atoms. The predicted octanol–water partition coefficient (Wildman–Crippen LogP) is 5.77. The lowest BCUT2D eigenvalue weighted by Crippen LogP contribution is -2.42. The molecule has 0 amide bonds. The van der Waals surface area contributed by atoms with Gasteiger partial charge in [0, 0.05) is 55.0 Å². The van der Waals surface area contributed by atoms with Crippen molar-refractivity contribution < 1.29 is 23.0 Å². The first-order valence-electron chi connectivity index (χ1n) is 11.3. The Kier molecular flexibility index (Phi) is 6.38. The number of piperidine rings is 1. The molecule has 1 aliphatic rings. The summed E-state index contributed by atoms with van der Waals surface area (Å²) >= 11 is 0. The van der Waals surface area contributed by atoms with Gasteiger partial charge in [0.15, 0.2) is 0 Å². The molecule has 0 atom stereocenters. The number of anilines is 2. The van der Waals surface area contributed by atoms with Crippen molar-refractivity contribution in [3.8, 4) is 5.75 Å². The lowest BCUT2D eigenvalue weighted by atomic mass is 9.93. The zero-order chi connectivity index (χ0) is 24.7. The van der Waals surface area contributed by atoms with Crippen LogP contribution in [0.15, 0.2) is 36.4 Å². The number of fused-ring (bicyclic) bond motifs is 1. The Labute approximate surface area is 197 Å². The molecule has 5 nitrogen and oxygen atoms in total. The molecule has 0 aliphatic carbocycles. The van der Waals surface area contributed by atoms with Crippen molar-refractivity contribution in [2.75, 3.05) is 30.4 Å². The normalized spacial score (nSPS) is 16.1. The van der Waals surface area contributed by atoms with Crippen molar-refractivity contribution >= 4 is 22.3 Å². The Bertz CT molecular complexity index is 1200. The van der Waals surface area contributed by atoms with Crippen molar-refractivity contribution in [1.29, 1.82) is 0 Å². The SMILES string of the molecule is COc1cc2nc(C)cc(NCc3cccc(C(C)(F)F)c3F)c2cc1N1CCC(C)(O)CC1. The highest BCUT2D eigenvalue weighted by atomic mass is 19.3. The van der Waals surface area contributed by atoms with Gasteiger partial charge in [-0.1, -0.05) is 18.2 Å². The van der Waals surface area contributed by atoms with Crippen LogP contribution in [0.5, 0.6) is 5.75 Å². The molecule has 1 fully saturated rings. The second kappa shape index (κ2) is 8.98. The molecule has 3 aromatic rings. The number of aryl methyl sites for hydroxylation is 1. The van der Waals surface area contributed by atoms with Gasteiger partial charge >= 0.3 is 0 Å². The minimum Gasteiger partial charge on any atom is -0.495 e. The van der Waals surface area contributed by atoms with Gasteiger partial charge in [0.05, 0.1) is 29.5 Å². The van der Waals surface area contributed by atoms with Crippen LogP contribution in [0.2, 0.25) is 0 Å². The summed E-state index contributed by atoms with van der Waals surface area (Å²) in [6, 6.07) is 9.76. The molecule has 0 saturated carbocycles. The van der Waals surface area contributed by atoms with Crippen molar-refractivity contribution in [1.82, 2.24) is 4.98 Å². The summed E-state index contributed by atoms with van der Waals surface area (Å²) in [5, 5.41) is 14.4. The number of hydrogen-bond donors (Lipinski definition) is 2.